The van der Waals surface area contributed by atoms with Gasteiger partial charge in [-0.2, -0.15) is 11.8 Å². The molecule has 0 aromatic carbocycles. The highest BCUT2D eigenvalue weighted by Crippen LogP contribution is 2.25. The highest BCUT2D eigenvalue weighted by Gasteiger charge is 2.36. The van der Waals surface area contributed by atoms with Crippen molar-refractivity contribution in [1.29, 1.82) is 0 Å². The highest BCUT2D eigenvalue weighted by atomic mass is 32.2. The molecule has 1 rings (SSSR count). The van der Waals surface area contributed by atoms with Gasteiger partial charge in [0.05, 0.1) is 5.54 Å². The summed E-state index contributed by atoms with van der Waals surface area (Å²) in [5.74, 6) is 2.16. The average Bonchev–Trinajstić information content (AvgIpc) is 3.07. The molecule has 1 unspecified atom stereocenters. The summed E-state index contributed by atoms with van der Waals surface area (Å²) in [5, 5.41) is 3.39. The van der Waals surface area contributed by atoms with Crippen LogP contribution in [0, 0.1) is 0 Å². The number of nitrogens with one attached hydrogen (secondary N) is 1. The van der Waals surface area contributed by atoms with Crippen LogP contribution in [-0.4, -0.2) is 29.0 Å². The number of carbonyl (C=O) groups is 1. The van der Waals surface area contributed by atoms with Gasteiger partial charge >= 0.3 is 0 Å². The maximum Gasteiger partial charge on any atom is 0.237 e. The molecule has 1 saturated carbocycles. The van der Waals surface area contributed by atoms with Crippen LogP contribution in [0.2, 0.25) is 0 Å². The molecule has 1 atom stereocenters. The Hall–Kier alpha value is -0.220. The van der Waals surface area contributed by atoms with Gasteiger partial charge in [0.2, 0.25) is 5.91 Å². The fraction of sp³-hybridized carbons (Fsp3) is 0.923. The van der Waals surface area contributed by atoms with Crippen molar-refractivity contribution in [3.8, 4) is 0 Å². The molecule has 0 radical (unpaired) electrons. The van der Waals surface area contributed by atoms with Crippen molar-refractivity contribution in [2.45, 2.75) is 64.0 Å². The molecular weight excluding hydrogens is 232 g/mol. The van der Waals surface area contributed by atoms with E-state index in [1.165, 1.54) is 31.4 Å². The average molecular weight is 258 g/mol. The van der Waals surface area contributed by atoms with Crippen LogP contribution in [0.1, 0.15) is 52.4 Å². The Balaban J connectivity index is 2.17. The number of primary amides is 1. The monoisotopic (exact) mass is 258 g/mol. The van der Waals surface area contributed by atoms with E-state index in [1.807, 2.05) is 18.7 Å². The van der Waals surface area contributed by atoms with E-state index in [9.17, 15) is 4.79 Å². The number of thioether (sulfide) groups is 1. The van der Waals surface area contributed by atoms with Crippen molar-refractivity contribution in [3.05, 3.63) is 0 Å². The summed E-state index contributed by atoms with van der Waals surface area (Å²) in [7, 11) is 0. The first-order valence-electron chi connectivity index (χ1n) is 6.74. The van der Waals surface area contributed by atoms with E-state index in [0.717, 1.165) is 18.6 Å². The summed E-state index contributed by atoms with van der Waals surface area (Å²) < 4.78 is 0. The van der Waals surface area contributed by atoms with Gasteiger partial charge in [0.1, 0.15) is 0 Å². The minimum Gasteiger partial charge on any atom is -0.368 e. The molecule has 0 saturated heterocycles. The van der Waals surface area contributed by atoms with Crippen molar-refractivity contribution < 1.29 is 4.79 Å². The number of amides is 1. The smallest absolute Gasteiger partial charge is 0.237 e. The van der Waals surface area contributed by atoms with E-state index in [4.69, 9.17) is 5.73 Å². The number of carbonyl (C=O) groups excluding carboxylic acids is 1. The number of unbranched alkanes of at least 4 members (excludes halogenated alkanes) is 1. The van der Waals surface area contributed by atoms with E-state index in [1.54, 1.807) is 0 Å². The normalized spacial score (nSPS) is 18.9. The zero-order valence-corrected chi connectivity index (χ0v) is 11.9. The molecule has 1 amide bonds. The molecule has 100 valence electrons. The molecule has 3 N–H and O–H groups in total. The summed E-state index contributed by atoms with van der Waals surface area (Å²) in [6, 6.07) is 0.528. The van der Waals surface area contributed by atoms with Gasteiger partial charge in [-0.15, -0.1) is 0 Å². The maximum absolute atomic E-state index is 11.5. The predicted molar refractivity (Wildman–Crippen MR) is 75.2 cm³/mol. The lowest BCUT2D eigenvalue weighted by Gasteiger charge is -2.27. The number of hydrogen-bond acceptors (Lipinski definition) is 3. The zero-order valence-electron chi connectivity index (χ0n) is 11.1. The van der Waals surface area contributed by atoms with Crippen molar-refractivity contribution in [1.82, 2.24) is 5.32 Å². The van der Waals surface area contributed by atoms with Crippen LogP contribution < -0.4 is 11.1 Å². The minimum absolute atomic E-state index is 0.206. The topological polar surface area (TPSA) is 55.1 Å². The number of rotatable bonds is 10. The molecule has 17 heavy (non-hydrogen) atoms. The Morgan fingerprint density at radius 1 is 1.41 bits per heavy atom. The van der Waals surface area contributed by atoms with Crippen LogP contribution in [-0.2, 0) is 4.79 Å². The minimum atomic E-state index is -0.494. The van der Waals surface area contributed by atoms with Crippen LogP contribution in [0.3, 0.4) is 0 Å². The lowest BCUT2D eigenvalue weighted by Crippen LogP contribution is -2.54. The molecule has 1 aliphatic rings. The zero-order chi connectivity index (χ0) is 12.7. The summed E-state index contributed by atoms with van der Waals surface area (Å²) in [4.78, 5) is 11.5. The summed E-state index contributed by atoms with van der Waals surface area (Å²) in [5.41, 5.74) is 5.01. The lowest BCUT2D eigenvalue weighted by molar-refractivity contribution is -0.124. The third-order valence-electron chi connectivity index (χ3n) is 3.25. The molecule has 0 aliphatic heterocycles. The molecule has 4 heteroatoms. The Labute approximate surface area is 109 Å². The van der Waals surface area contributed by atoms with E-state index in [2.05, 4.69) is 12.2 Å². The Kier molecular flexibility index (Phi) is 6.34. The number of hydrogen-bond donors (Lipinski definition) is 2. The molecular formula is C13H26N2OS. The highest BCUT2D eigenvalue weighted by molar-refractivity contribution is 7.99. The van der Waals surface area contributed by atoms with Gasteiger partial charge in [-0.1, -0.05) is 13.3 Å². The van der Waals surface area contributed by atoms with Gasteiger partial charge in [0, 0.05) is 6.04 Å². The first-order valence-corrected chi connectivity index (χ1v) is 7.89. The molecule has 0 aromatic heterocycles. The van der Waals surface area contributed by atoms with Gasteiger partial charge in [0.15, 0.2) is 0 Å². The molecule has 1 aliphatic carbocycles. The standard InChI is InChI=1S/C13H26N2OS/c1-3-4-9-17-10-5-8-13(2,12(14)16)15-11-6-7-11/h11,15H,3-10H2,1-2H3,(H2,14,16). The summed E-state index contributed by atoms with van der Waals surface area (Å²) >= 11 is 1.98. The van der Waals surface area contributed by atoms with E-state index in [0.29, 0.717) is 6.04 Å². The molecule has 0 aromatic rings. The van der Waals surface area contributed by atoms with Crippen LogP contribution >= 0.6 is 11.8 Å². The van der Waals surface area contributed by atoms with Gasteiger partial charge in [-0.25, -0.2) is 0 Å². The van der Waals surface area contributed by atoms with Crippen LogP contribution in [0.5, 0.6) is 0 Å². The van der Waals surface area contributed by atoms with Gasteiger partial charge in [-0.3, -0.25) is 4.79 Å². The fourth-order valence-electron chi connectivity index (χ4n) is 1.82. The van der Waals surface area contributed by atoms with Crippen LogP contribution in [0.4, 0.5) is 0 Å². The van der Waals surface area contributed by atoms with Gasteiger partial charge in [-0.05, 0) is 50.5 Å². The molecule has 1 fully saturated rings. The van der Waals surface area contributed by atoms with Crippen molar-refractivity contribution in [2.24, 2.45) is 5.73 Å². The van der Waals surface area contributed by atoms with E-state index >= 15 is 0 Å². The lowest BCUT2D eigenvalue weighted by atomic mass is 9.95. The molecule has 0 heterocycles. The van der Waals surface area contributed by atoms with Crippen molar-refractivity contribution in [2.75, 3.05) is 11.5 Å². The van der Waals surface area contributed by atoms with Crippen molar-refractivity contribution >= 4 is 17.7 Å². The fourth-order valence-corrected chi connectivity index (χ4v) is 2.87. The third-order valence-corrected chi connectivity index (χ3v) is 4.41. The Bertz CT molecular complexity index is 244. The molecule has 0 spiro atoms. The Morgan fingerprint density at radius 2 is 2.06 bits per heavy atom. The molecule has 0 bridgehead atoms. The van der Waals surface area contributed by atoms with Crippen LogP contribution in [0.25, 0.3) is 0 Å². The van der Waals surface area contributed by atoms with Crippen molar-refractivity contribution in [3.63, 3.8) is 0 Å². The Morgan fingerprint density at radius 3 is 2.59 bits per heavy atom. The third kappa shape index (κ3) is 5.77. The first kappa shape index (κ1) is 14.8. The summed E-state index contributed by atoms with van der Waals surface area (Å²) in [6.07, 6.45) is 6.85. The predicted octanol–water partition coefficient (Wildman–Crippen LogP) is 2.30. The van der Waals surface area contributed by atoms with E-state index in [-0.39, 0.29) is 5.91 Å². The first-order chi connectivity index (χ1) is 8.08. The second-order valence-corrected chi connectivity index (χ2v) is 6.41. The van der Waals surface area contributed by atoms with E-state index < -0.39 is 5.54 Å². The van der Waals surface area contributed by atoms with Crippen LogP contribution in [0.15, 0.2) is 0 Å². The number of nitrogens with two attached hydrogens (primary N) is 1. The second kappa shape index (κ2) is 7.27. The summed E-state index contributed by atoms with van der Waals surface area (Å²) in [6.45, 7) is 4.16. The quantitative estimate of drug-likeness (QED) is 0.591. The largest absolute Gasteiger partial charge is 0.368 e. The maximum atomic E-state index is 11.5. The van der Waals surface area contributed by atoms with Gasteiger partial charge < -0.3 is 11.1 Å². The SMILES string of the molecule is CCCCSCCCC(C)(NC1CC1)C(N)=O. The molecule has 3 nitrogen and oxygen atoms in total. The second-order valence-electron chi connectivity index (χ2n) is 5.18. The van der Waals surface area contributed by atoms with Gasteiger partial charge in [0.25, 0.3) is 0 Å².